The second-order valence-corrected chi connectivity index (χ2v) is 7.95. The van der Waals surface area contributed by atoms with Gasteiger partial charge in [-0.3, -0.25) is 4.79 Å². The van der Waals surface area contributed by atoms with Crippen LogP contribution in [0, 0.1) is 0 Å². The van der Waals surface area contributed by atoms with Gasteiger partial charge in [0.1, 0.15) is 0 Å². The third-order valence-electron chi connectivity index (χ3n) is 5.52. The molecule has 146 valence electrons. The minimum absolute atomic E-state index is 0.000503. The van der Waals surface area contributed by atoms with E-state index in [1.54, 1.807) is 0 Å². The molecule has 3 aromatic rings. The Hall–Kier alpha value is -2.96. The molecule has 0 atom stereocenters. The number of rotatable bonds is 5. The molecular formula is C23H19NO4S. The summed E-state index contributed by atoms with van der Waals surface area (Å²) in [6.07, 6.45) is 1.64. The molecule has 0 aromatic heterocycles. The largest absolute Gasteiger partial charge is 0.454 e. The Labute approximate surface area is 172 Å². The normalized spacial score (nSPS) is 15.8. The Kier molecular flexibility index (Phi) is 4.45. The molecule has 1 amide bonds. The lowest BCUT2D eigenvalue weighted by molar-refractivity contribution is -0.118. The van der Waals surface area contributed by atoms with Crippen molar-refractivity contribution in [3.05, 3.63) is 72.3 Å². The average molecular weight is 405 g/mol. The van der Waals surface area contributed by atoms with Gasteiger partial charge in [-0.25, -0.2) is 0 Å². The Balaban J connectivity index is 1.37. The van der Waals surface area contributed by atoms with E-state index in [1.807, 2.05) is 66.7 Å². The number of carbonyl (C=O) groups is 1. The van der Waals surface area contributed by atoms with Gasteiger partial charge in [-0.15, -0.1) is 0 Å². The van der Waals surface area contributed by atoms with E-state index in [4.69, 9.17) is 14.0 Å². The summed E-state index contributed by atoms with van der Waals surface area (Å²) in [6.45, 7) is 0.225. The third-order valence-corrected chi connectivity index (χ3v) is 6.01. The van der Waals surface area contributed by atoms with E-state index in [1.165, 1.54) is 0 Å². The van der Waals surface area contributed by atoms with Crippen LogP contribution in [0.3, 0.4) is 0 Å². The summed E-state index contributed by atoms with van der Waals surface area (Å²) in [6, 6.07) is 21.2. The number of amides is 1. The number of carbonyl (C=O) groups excluding carboxylic acids is 1. The number of nitrogens with one attached hydrogen (secondary N) is 1. The van der Waals surface area contributed by atoms with E-state index in [0.717, 1.165) is 57.9 Å². The quantitative estimate of drug-likeness (QED) is 0.563. The summed E-state index contributed by atoms with van der Waals surface area (Å²) in [5.41, 5.74) is 3.26. The van der Waals surface area contributed by atoms with Gasteiger partial charge < -0.3 is 19.3 Å². The number of ether oxygens (including phenoxy) is 2. The highest BCUT2D eigenvalue weighted by Gasteiger charge is 2.51. The molecular weight excluding hydrogens is 386 g/mol. The minimum Gasteiger partial charge on any atom is -0.454 e. The lowest BCUT2D eigenvalue weighted by Crippen LogP contribution is -2.27. The van der Waals surface area contributed by atoms with Crippen LogP contribution in [-0.4, -0.2) is 17.3 Å². The molecule has 1 aliphatic carbocycles. The first-order valence-electron chi connectivity index (χ1n) is 9.41. The van der Waals surface area contributed by atoms with Crippen LogP contribution in [-0.2, 0) is 10.2 Å². The van der Waals surface area contributed by atoms with E-state index >= 15 is 0 Å². The van der Waals surface area contributed by atoms with E-state index in [9.17, 15) is 4.79 Å². The molecule has 2 aliphatic rings. The van der Waals surface area contributed by atoms with Crippen LogP contribution in [0.2, 0.25) is 0 Å². The van der Waals surface area contributed by atoms with Gasteiger partial charge in [-0.05, 0) is 65.9 Å². The standard InChI is InChI=1S/C23H19NO4S/c25-22(23(10-11-23)17-6-9-20-21(13-17)28-14-27-20)24-18-3-1-2-16(12-18)15-4-7-19(29-26)8-5-15/h1-9,12-13,26H,10-11,14H2,(H,24,25). The molecule has 0 bridgehead atoms. The summed E-state index contributed by atoms with van der Waals surface area (Å²) >= 11 is 0.725. The SMILES string of the molecule is O=C(Nc1cccc(-c2ccc(SO)cc2)c1)C1(c2ccc3c(c2)OCO3)CC1. The first-order valence-corrected chi connectivity index (χ1v) is 10.2. The fraction of sp³-hybridized carbons (Fsp3) is 0.174. The molecule has 0 spiro atoms. The number of hydrogen-bond acceptors (Lipinski definition) is 5. The summed E-state index contributed by atoms with van der Waals surface area (Å²) in [5.74, 6) is 1.43. The maximum Gasteiger partial charge on any atom is 0.235 e. The first kappa shape index (κ1) is 18.1. The molecule has 1 saturated carbocycles. The van der Waals surface area contributed by atoms with Crippen LogP contribution in [0.1, 0.15) is 18.4 Å². The van der Waals surface area contributed by atoms with Crippen LogP contribution in [0.25, 0.3) is 11.1 Å². The second kappa shape index (κ2) is 7.13. The Morgan fingerprint density at radius 1 is 0.931 bits per heavy atom. The average Bonchev–Trinajstić information content (AvgIpc) is 3.45. The number of fused-ring (bicyclic) bond motifs is 1. The molecule has 5 rings (SSSR count). The topological polar surface area (TPSA) is 67.8 Å². The minimum atomic E-state index is -0.503. The Bertz CT molecular complexity index is 1080. The Morgan fingerprint density at radius 2 is 1.72 bits per heavy atom. The van der Waals surface area contributed by atoms with Crippen LogP contribution < -0.4 is 14.8 Å². The van der Waals surface area contributed by atoms with Crippen molar-refractivity contribution in [2.75, 3.05) is 12.1 Å². The van der Waals surface area contributed by atoms with Crippen molar-refractivity contribution in [1.29, 1.82) is 0 Å². The summed E-state index contributed by atoms with van der Waals surface area (Å²) in [4.78, 5) is 13.9. The maximum absolute atomic E-state index is 13.1. The van der Waals surface area contributed by atoms with E-state index < -0.39 is 5.41 Å². The van der Waals surface area contributed by atoms with E-state index in [-0.39, 0.29) is 12.7 Å². The molecule has 0 radical (unpaired) electrons. The molecule has 0 unspecified atom stereocenters. The van der Waals surface area contributed by atoms with Crippen molar-refractivity contribution in [2.24, 2.45) is 0 Å². The van der Waals surface area contributed by atoms with Gasteiger partial charge in [-0.2, -0.15) is 0 Å². The fourth-order valence-corrected chi connectivity index (χ4v) is 3.96. The van der Waals surface area contributed by atoms with Crippen molar-refractivity contribution in [2.45, 2.75) is 23.2 Å². The maximum atomic E-state index is 13.1. The highest BCUT2D eigenvalue weighted by molar-refractivity contribution is 7.93. The van der Waals surface area contributed by atoms with Gasteiger partial charge in [0.05, 0.1) is 5.41 Å². The molecule has 2 N–H and O–H groups in total. The van der Waals surface area contributed by atoms with Crippen LogP contribution >= 0.6 is 12.0 Å². The van der Waals surface area contributed by atoms with Crippen LogP contribution in [0.4, 0.5) is 5.69 Å². The van der Waals surface area contributed by atoms with E-state index in [2.05, 4.69) is 5.32 Å². The van der Waals surface area contributed by atoms with Crippen LogP contribution in [0.5, 0.6) is 11.5 Å². The first-order chi connectivity index (χ1) is 14.2. The van der Waals surface area contributed by atoms with E-state index in [0.29, 0.717) is 5.75 Å². The zero-order chi connectivity index (χ0) is 19.8. The second-order valence-electron chi connectivity index (χ2n) is 7.30. The highest BCUT2D eigenvalue weighted by atomic mass is 32.2. The zero-order valence-electron chi connectivity index (χ0n) is 15.6. The molecule has 0 saturated heterocycles. The predicted octanol–water partition coefficient (Wildman–Crippen LogP) is 5.32. The van der Waals surface area contributed by atoms with Gasteiger partial charge in [0, 0.05) is 22.6 Å². The zero-order valence-corrected chi connectivity index (χ0v) is 16.4. The smallest absolute Gasteiger partial charge is 0.235 e. The van der Waals surface area contributed by atoms with Gasteiger partial charge in [0.2, 0.25) is 12.7 Å². The lowest BCUT2D eigenvalue weighted by atomic mass is 9.94. The van der Waals surface area contributed by atoms with Crippen molar-refractivity contribution in [3.63, 3.8) is 0 Å². The molecule has 6 heteroatoms. The van der Waals surface area contributed by atoms with Gasteiger partial charge in [0.15, 0.2) is 11.5 Å². The highest BCUT2D eigenvalue weighted by Crippen LogP contribution is 2.51. The van der Waals surface area contributed by atoms with Crippen molar-refractivity contribution in [1.82, 2.24) is 0 Å². The number of hydrogen-bond donors (Lipinski definition) is 2. The lowest BCUT2D eigenvalue weighted by Gasteiger charge is -2.17. The number of benzene rings is 3. The van der Waals surface area contributed by atoms with Gasteiger partial charge in [-0.1, -0.05) is 30.3 Å². The molecule has 3 aromatic carbocycles. The van der Waals surface area contributed by atoms with Crippen molar-refractivity contribution < 1.29 is 18.8 Å². The number of anilines is 1. The van der Waals surface area contributed by atoms with Gasteiger partial charge >= 0.3 is 0 Å². The van der Waals surface area contributed by atoms with Gasteiger partial charge in [0.25, 0.3) is 0 Å². The van der Waals surface area contributed by atoms with Crippen molar-refractivity contribution >= 4 is 23.6 Å². The molecule has 29 heavy (non-hydrogen) atoms. The predicted molar refractivity (Wildman–Crippen MR) is 112 cm³/mol. The molecule has 5 nitrogen and oxygen atoms in total. The monoisotopic (exact) mass is 405 g/mol. The molecule has 1 heterocycles. The molecule has 1 fully saturated rings. The summed E-state index contributed by atoms with van der Waals surface area (Å²) in [5, 5.41) is 3.09. The van der Waals surface area contributed by atoms with Crippen LogP contribution in [0.15, 0.2) is 71.6 Å². The summed E-state index contributed by atoms with van der Waals surface area (Å²) < 4.78 is 20.0. The summed E-state index contributed by atoms with van der Waals surface area (Å²) in [7, 11) is 0. The van der Waals surface area contributed by atoms with Crippen molar-refractivity contribution in [3.8, 4) is 22.6 Å². The third kappa shape index (κ3) is 3.34. The Morgan fingerprint density at radius 3 is 2.48 bits per heavy atom. The molecule has 1 aliphatic heterocycles. The fourth-order valence-electron chi connectivity index (χ4n) is 3.70.